The molecule has 2 heterocycles. The van der Waals surface area contributed by atoms with Crippen LogP contribution in [0.5, 0.6) is 0 Å². The van der Waals surface area contributed by atoms with Gasteiger partial charge in [-0.05, 0) is 51.5 Å². The van der Waals surface area contributed by atoms with Gasteiger partial charge in [0.1, 0.15) is 11.3 Å². The summed E-state index contributed by atoms with van der Waals surface area (Å²) in [5.41, 5.74) is 3.29. The Morgan fingerprint density at radius 3 is 2.72 bits per heavy atom. The first-order valence-corrected chi connectivity index (χ1v) is 8.75. The van der Waals surface area contributed by atoms with Crippen molar-refractivity contribution in [1.82, 2.24) is 19.9 Å². The second-order valence-electron chi connectivity index (χ2n) is 6.61. The second-order valence-corrected chi connectivity index (χ2v) is 6.61. The Morgan fingerprint density at radius 2 is 2.00 bits per heavy atom. The summed E-state index contributed by atoms with van der Waals surface area (Å²) < 4.78 is 2.11. The number of pyridine rings is 1. The van der Waals surface area contributed by atoms with E-state index in [0.29, 0.717) is 5.56 Å². The highest BCUT2D eigenvalue weighted by Gasteiger charge is 2.17. The number of rotatable bonds is 5. The van der Waals surface area contributed by atoms with Crippen molar-refractivity contribution in [3.05, 3.63) is 48.2 Å². The quantitative estimate of drug-likeness (QED) is 0.759. The van der Waals surface area contributed by atoms with Crippen LogP contribution in [0.15, 0.2) is 42.6 Å². The van der Waals surface area contributed by atoms with Gasteiger partial charge in [0.05, 0.1) is 0 Å². The van der Waals surface area contributed by atoms with Crippen molar-refractivity contribution in [3.8, 4) is 11.4 Å². The van der Waals surface area contributed by atoms with E-state index in [0.717, 1.165) is 29.0 Å². The summed E-state index contributed by atoms with van der Waals surface area (Å²) in [4.78, 5) is 21.7. The van der Waals surface area contributed by atoms with E-state index >= 15 is 0 Å². The average molecular weight is 336 g/mol. The third kappa shape index (κ3) is 3.40. The van der Waals surface area contributed by atoms with E-state index in [2.05, 4.69) is 35.6 Å². The van der Waals surface area contributed by atoms with Gasteiger partial charge in [-0.25, -0.2) is 9.97 Å². The molecule has 0 saturated heterocycles. The standard InChI is InChI=1S/C20H24N4O/c1-5-14(4)22-20(25)16-9-6-8-15(12-16)18-23-17-10-7-11-21-19(17)24(18)13(2)3/h6-14H,5H2,1-4H3,(H,22,25)/t14-/m1/s1. The van der Waals surface area contributed by atoms with Crippen molar-refractivity contribution in [3.63, 3.8) is 0 Å². The lowest BCUT2D eigenvalue weighted by Crippen LogP contribution is -2.31. The molecule has 1 N–H and O–H groups in total. The van der Waals surface area contributed by atoms with Gasteiger partial charge >= 0.3 is 0 Å². The monoisotopic (exact) mass is 336 g/mol. The maximum Gasteiger partial charge on any atom is 0.251 e. The largest absolute Gasteiger partial charge is 0.350 e. The predicted molar refractivity (Wildman–Crippen MR) is 101 cm³/mol. The zero-order chi connectivity index (χ0) is 18.0. The zero-order valence-corrected chi connectivity index (χ0v) is 15.2. The fourth-order valence-corrected chi connectivity index (χ4v) is 2.83. The summed E-state index contributed by atoms with van der Waals surface area (Å²) in [6, 6.07) is 11.8. The van der Waals surface area contributed by atoms with E-state index in [1.165, 1.54) is 0 Å². The molecule has 25 heavy (non-hydrogen) atoms. The molecule has 1 amide bonds. The molecule has 0 aliphatic carbocycles. The Morgan fingerprint density at radius 1 is 1.20 bits per heavy atom. The van der Waals surface area contributed by atoms with E-state index < -0.39 is 0 Å². The van der Waals surface area contributed by atoms with Gasteiger partial charge in [0.15, 0.2) is 5.65 Å². The molecule has 0 radical (unpaired) electrons. The summed E-state index contributed by atoms with van der Waals surface area (Å²) in [5.74, 6) is 0.781. The third-order valence-electron chi connectivity index (χ3n) is 4.34. The van der Waals surface area contributed by atoms with Gasteiger partial charge in [-0.3, -0.25) is 4.79 Å². The molecule has 5 heteroatoms. The Balaban J connectivity index is 2.06. The Kier molecular flexibility index (Phi) is 4.83. The van der Waals surface area contributed by atoms with Crippen LogP contribution in [-0.4, -0.2) is 26.5 Å². The molecule has 2 aromatic heterocycles. The molecule has 130 valence electrons. The molecule has 0 unspecified atom stereocenters. The Bertz CT molecular complexity index is 898. The van der Waals surface area contributed by atoms with Crippen LogP contribution in [0.25, 0.3) is 22.6 Å². The van der Waals surface area contributed by atoms with Gasteiger partial charge < -0.3 is 9.88 Å². The number of nitrogens with zero attached hydrogens (tertiary/aromatic N) is 3. The molecule has 0 aliphatic rings. The highest BCUT2D eigenvalue weighted by atomic mass is 16.1. The van der Waals surface area contributed by atoms with E-state index in [-0.39, 0.29) is 18.0 Å². The first-order chi connectivity index (χ1) is 12.0. The minimum absolute atomic E-state index is 0.0541. The lowest BCUT2D eigenvalue weighted by molar-refractivity contribution is 0.0939. The van der Waals surface area contributed by atoms with Crippen LogP contribution in [0.2, 0.25) is 0 Å². The van der Waals surface area contributed by atoms with Crippen LogP contribution < -0.4 is 5.32 Å². The maximum absolute atomic E-state index is 12.4. The van der Waals surface area contributed by atoms with E-state index in [4.69, 9.17) is 4.98 Å². The minimum Gasteiger partial charge on any atom is -0.350 e. The zero-order valence-electron chi connectivity index (χ0n) is 15.2. The van der Waals surface area contributed by atoms with Gasteiger partial charge in [-0.2, -0.15) is 0 Å². The molecular formula is C20H24N4O. The molecule has 3 rings (SSSR count). The molecule has 3 aromatic rings. The summed E-state index contributed by atoms with van der Waals surface area (Å²) >= 11 is 0. The number of hydrogen-bond donors (Lipinski definition) is 1. The number of imidazole rings is 1. The maximum atomic E-state index is 12.4. The van der Waals surface area contributed by atoms with Crippen molar-refractivity contribution in [2.75, 3.05) is 0 Å². The van der Waals surface area contributed by atoms with Crippen LogP contribution in [0.3, 0.4) is 0 Å². The highest BCUT2D eigenvalue weighted by Crippen LogP contribution is 2.27. The van der Waals surface area contributed by atoms with E-state index in [1.807, 2.05) is 43.3 Å². The number of carbonyl (C=O) groups excluding carboxylic acids is 1. The van der Waals surface area contributed by atoms with Crippen LogP contribution in [0.1, 0.15) is 50.5 Å². The minimum atomic E-state index is -0.0541. The van der Waals surface area contributed by atoms with Crippen LogP contribution >= 0.6 is 0 Å². The van der Waals surface area contributed by atoms with Crippen molar-refractivity contribution in [1.29, 1.82) is 0 Å². The number of nitrogens with one attached hydrogen (secondary N) is 1. The van der Waals surface area contributed by atoms with Crippen molar-refractivity contribution in [2.45, 2.75) is 46.2 Å². The third-order valence-corrected chi connectivity index (χ3v) is 4.34. The number of fused-ring (bicyclic) bond motifs is 1. The fraction of sp³-hybridized carbons (Fsp3) is 0.350. The summed E-state index contributed by atoms with van der Waals surface area (Å²) in [6.07, 6.45) is 2.68. The number of amides is 1. The van der Waals surface area contributed by atoms with Crippen LogP contribution in [0, 0.1) is 0 Å². The van der Waals surface area contributed by atoms with Gasteiger partial charge in [-0.15, -0.1) is 0 Å². The van der Waals surface area contributed by atoms with Gasteiger partial charge in [0, 0.05) is 29.4 Å². The van der Waals surface area contributed by atoms with E-state index in [1.54, 1.807) is 6.20 Å². The normalized spacial score (nSPS) is 12.5. The van der Waals surface area contributed by atoms with E-state index in [9.17, 15) is 4.79 Å². The fourth-order valence-electron chi connectivity index (χ4n) is 2.83. The molecule has 5 nitrogen and oxygen atoms in total. The molecule has 0 saturated carbocycles. The molecule has 0 fully saturated rings. The van der Waals surface area contributed by atoms with Crippen LogP contribution in [-0.2, 0) is 0 Å². The molecule has 0 bridgehead atoms. The first kappa shape index (κ1) is 17.1. The van der Waals surface area contributed by atoms with Gasteiger partial charge in [0.2, 0.25) is 0 Å². The Hall–Kier alpha value is -2.69. The smallest absolute Gasteiger partial charge is 0.251 e. The number of aromatic nitrogens is 3. The number of carbonyl (C=O) groups is 1. The van der Waals surface area contributed by atoms with Crippen LogP contribution in [0.4, 0.5) is 0 Å². The second kappa shape index (κ2) is 7.05. The summed E-state index contributed by atoms with van der Waals surface area (Å²) in [7, 11) is 0. The molecular weight excluding hydrogens is 312 g/mol. The first-order valence-electron chi connectivity index (χ1n) is 8.75. The summed E-state index contributed by atoms with van der Waals surface area (Å²) in [6.45, 7) is 8.28. The van der Waals surface area contributed by atoms with Gasteiger partial charge in [-0.1, -0.05) is 19.1 Å². The molecule has 0 spiro atoms. The molecule has 1 atom stereocenters. The topological polar surface area (TPSA) is 59.8 Å². The lowest BCUT2D eigenvalue weighted by atomic mass is 10.1. The molecule has 0 aliphatic heterocycles. The van der Waals surface area contributed by atoms with Gasteiger partial charge in [0.25, 0.3) is 5.91 Å². The number of benzene rings is 1. The van der Waals surface area contributed by atoms with Crippen molar-refractivity contribution >= 4 is 17.1 Å². The predicted octanol–water partition coefficient (Wildman–Crippen LogP) is 4.21. The van der Waals surface area contributed by atoms with Crippen molar-refractivity contribution in [2.24, 2.45) is 0 Å². The summed E-state index contributed by atoms with van der Waals surface area (Å²) in [5, 5.41) is 3.01. The number of hydrogen-bond acceptors (Lipinski definition) is 3. The lowest BCUT2D eigenvalue weighted by Gasteiger charge is -2.14. The van der Waals surface area contributed by atoms with Crippen molar-refractivity contribution < 1.29 is 4.79 Å². The SMILES string of the molecule is CC[C@@H](C)NC(=O)c1cccc(-c2nc3cccnc3n2C(C)C)c1. The average Bonchev–Trinajstić information content (AvgIpc) is 3.01. The molecule has 1 aromatic carbocycles. The Labute approximate surface area is 148 Å². The highest BCUT2D eigenvalue weighted by molar-refractivity contribution is 5.95.